The molecular weight excluding hydrogens is 1680 g/mol. The van der Waals surface area contributed by atoms with Gasteiger partial charge in [-0.15, -0.1) is 0 Å². The topological polar surface area (TPSA) is 546 Å². The molecule has 690 valence electrons. The van der Waals surface area contributed by atoms with Crippen LogP contribution in [-0.2, 0) is 115 Å². The van der Waals surface area contributed by atoms with E-state index in [2.05, 4.69) is 65.4 Å². The number of primary amides is 1. The smallest absolute Gasteiger partial charge is 0.306 e. The number of benzene rings is 3. The summed E-state index contributed by atoms with van der Waals surface area (Å²) < 4.78 is 18.9. The summed E-state index contributed by atoms with van der Waals surface area (Å²) in [7, 11) is 2.52. The zero-order chi connectivity index (χ0) is 92.3. The standard InChI is InChI=1S/C89H120N14O22S2/c1-7-21-76-124-69-42-59-58-32-31-56-41-57(105)33-34-87(56,5)77(58)67(106)44-88(59,6)89(69,125-76)68(107)49-123-75(114)30-20-37-126-127-50-65(96-52(4)104)81(117)95-48-73(111)97-62(39-54-24-13-9-14-25-54)82(118)101-63(40-55-26-15-10-16-27-55)83(119)100-61(38-53-22-11-8-12-23-53)80(116)94-46-71(109)92-47-72(110)98-64(43-74(112)113)86(122)103-36-19-29-66(103)84(120)102-78(51(2)3)85(121)99-60(28-17-18-35-90)79(115)93-45-70(91)108/h8-16,22-27,33-34,41,51,58-67,69,76-78,106H,7,17-21,28-32,35-40,42-50,90H2,1-6H3,(H2,91,108)(H,92,109)(H,93,115)(H,94,116)(H,95,117)(H,96,104)(H,97,111)(H,98,110)(H,99,121)(H,100,119)(H,101,118)(H,102,120)(H,112,113)/t58-,59-,60-,61-,62-,63-,64-,65?,66?,67?,69+,76?,77+,78-,87-,88-,89+/m0/s1. The summed E-state index contributed by atoms with van der Waals surface area (Å²) in [6.07, 6.45) is 6.82. The Kier molecular flexibility index (Phi) is 37.1. The number of allylic oxidation sites excluding steroid dienone is 4. The number of carbonyl (C=O) groups is 17. The maximum atomic E-state index is 14.8. The minimum Gasteiger partial charge on any atom is -0.481 e. The molecule has 2 saturated heterocycles. The number of ether oxygens (including phenoxy) is 3. The van der Waals surface area contributed by atoms with Crippen LogP contribution in [0.25, 0.3) is 0 Å². The summed E-state index contributed by atoms with van der Waals surface area (Å²) in [5.74, 6) is -13.8. The van der Waals surface area contributed by atoms with E-state index in [1.807, 2.05) is 19.9 Å². The molecule has 6 aliphatic rings. The fraction of sp³-hybridized carbons (Fsp3) is 0.562. The molecule has 0 radical (unpaired) electrons. The molecule has 3 aromatic carbocycles. The maximum absolute atomic E-state index is 14.8. The number of fused-ring (bicyclic) bond motifs is 7. The summed E-state index contributed by atoms with van der Waals surface area (Å²) in [6, 6.07) is 14.7. The number of aliphatic hydroxyl groups is 1. The van der Waals surface area contributed by atoms with Crippen molar-refractivity contribution in [2.75, 3.05) is 57.4 Å². The number of aliphatic hydroxyl groups excluding tert-OH is 1. The molecule has 9 rings (SSSR count). The molecule has 0 spiro atoms. The van der Waals surface area contributed by atoms with Gasteiger partial charge in [-0.2, -0.15) is 0 Å². The molecule has 2 aliphatic heterocycles. The number of ketones is 2. The molecule has 17 atom stereocenters. The van der Waals surface area contributed by atoms with Gasteiger partial charge in [-0.1, -0.05) is 165 Å². The Morgan fingerprint density at radius 3 is 1.79 bits per heavy atom. The van der Waals surface area contributed by atoms with Crippen molar-refractivity contribution in [1.82, 2.24) is 63.4 Å². The fourth-order valence-electron chi connectivity index (χ4n) is 18.2. The number of esters is 1. The second-order valence-electron chi connectivity index (χ2n) is 33.9. The zero-order valence-corrected chi connectivity index (χ0v) is 74.0. The first-order chi connectivity index (χ1) is 60.6. The molecule has 36 nitrogen and oxygen atoms in total. The molecule has 0 aromatic heterocycles. The van der Waals surface area contributed by atoms with Gasteiger partial charge in [0, 0.05) is 67.4 Å². The Morgan fingerprint density at radius 2 is 1.20 bits per heavy atom. The predicted octanol–water partition coefficient (Wildman–Crippen LogP) is 0.772. The molecule has 127 heavy (non-hydrogen) atoms. The van der Waals surface area contributed by atoms with Crippen LogP contribution in [0.5, 0.6) is 0 Å². The van der Waals surface area contributed by atoms with E-state index in [1.54, 1.807) is 117 Å². The van der Waals surface area contributed by atoms with Crippen LogP contribution in [-0.4, -0.2) is 245 Å². The molecule has 0 bridgehead atoms. The monoisotopic (exact) mass is 1800 g/mol. The number of aliphatic carboxylic acids is 1. The van der Waals surface area contributed by atoms with Crippen LogP contribution in [0, 0.1) is 34.5 Å². The molecule has 5 fully saturated rings. The fourth-order valence-corrected chi connectivity index (χ4v) is 20.5. The van der Waals surface area contributed by atoms with Gasteiger partial charge in [0.05, 0.1) is 44.8 Å². The summed E-state index contributed by atoms with van der Waals surface area (Å²) >= 11 is 0. The van der Waals surface area contributed by atoms with Crippen LogP contribution < -0.4 is 70.0 Å². The molecule has 3 saturated carbocycles. The summed E-state index contributed by atoms with van der Waals surface area (Å²) in [5, 5.41) is 50.0. The highest BCUT2D eigenvalue weighted by atomic mass is 33.1. The summed E-state index contributed by atoms with van der Waals surface area (Å²) in [5.41, 5.74) is 10.7. The van der Waals surface area contributed by atoms with Gasteiger partial charge >= 0.3 is 11.9 Å². The Hall–Kier alpha value is -10.9. The van der Waals surface area contributed by atoms with Crippen LogP contribution in [0.15, 0.2) is 115 Å². The molecule has 13 amide bonds. The first kappa shape index (κ1) is 99.8. The summed E-state index contributed by atoms with van der Waals surface area (Å²) in [4.78, 5) is 231. The number of Topliss-reactive ketones (excluding diaryl/α,β-unsaturated/α-hetero) is 1. The molecular formula is C89H120N14O22S2. The van der Waals surface area contributed by atoms with Crippen LogP contribution in [0.3, 0.4) is 0 Å². The van der Waals surface area contributed by atoms with Crippen molar-refractivity contribution in [3.8, 4) is 0 Å². The number of likely N-dealkylation sites (tertiary alicyclic amines) is 1. The van der Waals surface area contributed by atoms with Gasteiger partial charge in [-0.3, -0.25) is 81.5 Å². The molecule has 17 N–H and O–H groups in total. The van der Waals surface area contributed by atoms with Crippen molar-refractivity contribution in [3.63, 3.8) is 0 Å². The van der Waals surface area contributed by atoms with Crippen LogP contribution in [0.2, 0.25) is 0 Å². The van der Waals surface area contributed by atoms with Crippen LogP contribution >= 0.6 is 21.6 Å². The van der Waals surface area contributed by atoms with Crippen molar-refractivity contribution in [1.29, 1.82) is 0 Å². The van der Waals surface area contributed by atoms with Gasteiger partial charge < -0.3 is 99.3 Å². The van der Waals surface area contributed by atoms with Crippen molar-refractivity contribution in [3.05, 3.63) is 131 Å². The highest BCUT2D eigenvalue weighted by Gasteiger charge is 2.76. The van der Waals surface area contributed by atoms with E-state index >= 15 is 0 Å². The SMILES string of the molecule is CCCC1O[C@@H]2C[C@H]3[C@@H]4CCC5=CC(=O)C=C[C@]5(C)[C@H]4C(O)C[C@]3(C)[C@]2(C(=O)COC(=O)CCCSSCC(NC(C)=O)C(=O)NCC(=O)N[C@@H](Cc2ccccc2)C(=O)N[C@@H](Cc2ccccc2)C(=O)N[C@@H](Cc2ccccc2)C(=O)NCC(=O)NCC(=O)N[C@@H](CC(=O)O)C(=O)N2CCCC2C(=O)N[C@H](C(=O)N[C@@H](CCCCN)C(=O)NCC(N)=O)C(C)C)O1. The number of hydrogen-bond acceptors (Lipinski definition) is 24. The van der Waals surface area contributed by atoms with Gasteiger partial charge in [0.1, 0.15) is 48.3 Å². The normalized spacial score (nSPS) is 23.5. The largest absolute Gasteiger partial charge is 0.481 e. The molecule has 38 heteroatoms. The van der Waals surface area contributed by atoms with Gasteiger partial charge in [0.15, 0.2) is 24.3 Å². The number of hydrogen-bond donors (Lipinski definition) is 15. The van der Waals surface area contributed by atoms with Crippen molar-refractivity contribution < 1.29 is 106 Å². The third-order valence-electron chi connectivity index (χ3n) is 24.4. The lowest BCUT2D eigenvalue weighted by molar-refractivity contribution is -0.201. The quantitative estimate of drug-likeness (QED) is 0.0211. The van der Waals surface area contributed by atoms with Crippen molar-refractivity contribution in [2.45, 2.75) is 223 Å². The number of carbonyl (C=O) groups excluding carboxylic acids is 16. The third kappa shape index (κ3) is 27.1. The lowest BCUT2D eigenvalue weighted by atomic mass is 9.46. The Bertz CT molecular complexity index is 4530. The third-order valence-corrected chi connectivity index (χ3v) is 26.9. The molecule has 2 heterocycles. The predicted molar refractivity (Wildman–Crippen MR) is 466 cm³/mol. The number of nitrogens with zero attached hydrogens (tertiary/aromatic N) is 1. The highest BCUT2D eigenvalue weighted by molar-refractivity contribution is 8.76. The van der Waals surface area contributed by atoms with E-state index in [-0.39, 0.29) is 87.2 Å². The average Bonchev–Trinajstić information content (AvgIpc) is 1.51. The number of rotatable bonds is 48. The summed E-state index contributed by atoms with van der Waals surface area (Å²) in [6.45, 7) is 7.42. The van der Waals surface area contributed by atoms with E-state index in [0.29, 0.717) is 67.5 Å². The lowest BCUT2D eigenvalue weighted by Gasteiger charge is -2.59. The number of amides is 13. The molecule has 3 aromatic rings. The molecule has 4 unspecified atom stereocenters. The Labute approximate surface area is 745 Å². The van der Waals surface area contributed by atoms with Crippen LogP contribution in [0.1, 0.15) is 148 Å². The second kappa shape index (κ2) is 47.2. The maximum Gasteiger partial charge on any atom is 0.306 e. The highest BCUT2D eigenvalue weighted by Crippen LogP contribution is 2.70. The minimum absolute atomic E-state index is 0.00180. The molecule has 4 aliphatic carbocycles. The average molecular weight is 1800 g/mol. The first-order valence-corrected chi connectivity index (χ1v) is 45.8. The first-order valence-electron chi connectivity index (χ1n) is 43.3. The van der Waals surface area contributed by atoms with E-state index in [4.69, 9.17) is 25.7 Å². The van der Waals surface area contributed by atoms with Gasteiger partial charge in [-0.25, -0.2) is 0 Å². The van der Waals surface area contributed by atoms with Gasteiger partial charge in [0.25, 0.3) is 0 Å². The lowest BCUT2D eigenvalue weighted by Crippen LogP contribution is -2.63. The van der Waals surface area contributed by atoms with E-state index in [9.17, 15) is 91.7 Å². The zero-order valence-electron chi connectivity index (χ0n) is 72.4. The van der Waals surface area contributed by atoms with Crippen molar-refractivity contribution in [2.24, 2.45) is 46.0 Å². The Balaban J connectivity index is 0.762. The Morgan fingerprint density at radius 1 is 0.646 bits per heavy atom. The van der Waals surface area contributed by atoms with E-state index in [1.165, 1.54) is 28.5 Å². The van der Waals surface area contributed by atoms with E-state index < -0.39 is 223 Å². The number of carboxylic acids is 1. The number of unbranched alkanes of at least 4 members (excludes halogenated alkanes) is 1. The van der Waals surface area contributed by atoms with E-state index in [0.717, 1.165) is 23.3 Å². The number of nitrogens with two attached hydrogens (primary N) is 2. The van der Waals surface area contributed by atoms with Crippen LogP contribution in [0.4, 0.5) is 0 Å². The minimum atomic E-state index is -1.77. The van der Waals surface area contributed by atoms with Crippen molar-refractivity contribution >= 4 is 122 Å². The number of carboxylic acid groups (broad SMARTS) is 1. The second-order valence-corrected chi connectivity index (χ2v) is 36.5. The van der Waals surface area contributed by atoms with Gasteiger partial charge in [0.2, 0.25) is 82.6 Å². The number of nitrogens with one attached hydrogen (secondary N) is 11. The van der Waals surface area contributed by atoms with Gasteiger partial charge in [-0.05, 0) is 124 Å².